The highest BCUT2D eigenvalue weighted by atomic mass is 16.4. The van der Waals surface area contributed by atoms with Gasteiger partial charge in [0.15, 0.2) is 0 Å². The fraction of sp³-hybridized carbons (Fsp3) is 0.556. The Morgan fingerprint density at radius 3 is 2.60 bits per heavy atom. The molecule has 0 aromatic rings. The van der Waals surface area contributed by atoms with Gasteiger partial charge in [0, 0.05) is 26.6 Å². The third-order valence-corrected chi connectivity index (χ3v) is 1.76. The summed E-state index contributed by atoms with van der Waals surface area (Å²) in [5, 5.41) is 19.6. The van der Waals surface area contributed by atoms with E-state index in [4.69, 9.17) is 10.2 Å². The summed E-state index contributed by atoms with van der Waals surface area (Å²) < 4.78 is 0. The predicted octanol–water partition coefficient (Wildman–Crippen LogP) is -0.351. The van der Waals surface area contributed by atoms with Crippen LogP contribution >= 0.6 is 0 Å². The zero-order valence-corrected chi connectivity index (χ0v) is 8.64. The molecule has 0 heterocycles. The summed E-state index contributed by atoms with van der Waals surface area (Å²) in [6.45, 7) is 3.50. The molecule has 0 radical (unpaired) electrons. The summed E-state index contributed by atoms with van der Waals surface area (Å²) in [5.74, 6) is -1.16. The van der Waals surface area contributed by atoms with Crippen LogP contribution in [0.2, 0.25) is 0 Å². The maximum atomic E-state index is 11.3. The molecule has 0 aromatic heterocycles. The zero-order valence-electron chi connectivity index (χ0n) is 8.64. The quantitative estimate of drug-likeness (QED) is 0.529. The number of hydrogen-bond donors (Lipinski definition) is 3. The van der Waals surface area contributed by atoms with Crippen molar-refractivity contribution < 1.29 is 19.8 Å². The van der Waals surface area contributed by atoms with Crippen LogP contribution in [-0.4, -0.2) is 53.4 Å². The molecule has 6 nitrogen and oxygen atoms in total. The Balaban J connectivity index is 4.21. The van der Waals surface area contributed by atoms with Crippen molar-refractivity contribution in [3.63, 3.8) is 0 Å². The molecule has 0 fully saturated rings. The maximum absolute atomic E-state index is 11.3. The highest BCUT2D eigenvalue weighted by Crippen LogP contribution is 1.94. The van der Waals surface area contributed by atoms with E-state index in [0.29, 0.717) is 6.54 Å². The lowest BCUT2D eigenvalue weighted by atomic mass is 10.2. The number of aliphatic hydroxyl groups is 1. The molecule has 0 aromatic carbocycles. The van der Waals surface area contributed by atoms with Gasteiger partial charge in [0.25, 0.3) is 0 Å². The van der Waals surface area contributed by atoms with Gasteiger partial charge in [-0.15, -0.1) is 6.58 Å². The van der Waals surface area contributed by atoms with E-state index in [0.717, 1.165) is 0 Å². The monoisotopic (exact) mass is 216 g/mol. The van der Waals surface area contributed by atoms with Crippen molar-refractivity contribution >= 4 is 12.0 Å². The second kappa shape index (κ2) is 6.83. The third-order valence-electron chi connectivity index (χ3n) is 1.76. The lowest BCUT2D eigenvalue weighted by Gasteiger charge is -2.19. The number of aliphatic carboxylic acids is 1. The van der Waals surface area contributed by atoms with Gasteiger partial charge < -0.3 is 20.4 Å². The molecule has 6 heteroatoms. The molecule has 0 rings (SSSR count). The van der Waals surface area contributed by atoms with Gasteiger partial charge in [0.2, 0.25) is 0 Å². The van der Waals surface area contributed by atoms with Crippen LogP contribution in [0.25, 0.3) is 0 Å². The van der Waals surface area contributed by atoms with Crippen LogP contribution in [-0.2, 0) is 4.79 Å². The van der Waals surface area contributed by atoms with E-state index in [1.54, 1.807) is 0 Å². The first-order chi connectivity index (χ1) is 7.02. The van der Waals surface area contributed by atoms with Gasteiger partial charge in [-0.2, -0.15) is 0 Å². The number of carbonyl (C=O) groups excluding carboxylic acids is 1. The first-order valence-electron chi connectivity index (χ1n) is 4.49. The number of carbonyl (C=O) groups is 2. The summed E-state index contributed by atoms with van der Waals surface area (Å²) in [6, 6.07) is -1.56. The first-order valence-corrected chi connectivity index (χ1v) is 4.49. The molecular weight excluding hydrogens is 200 g/mol. The Labute approximate surface area is 88.2 Å². The number of likely N-dealkylation sites (N-methyl/N-ethyl adjacent to an activating group) is 1. The third kappa shape index (κ3) is 5.02. The average Bonchev–Trinajstić information content (AvgIpc) is 2.17. The molecule has 0 bridgehead atoms. The summed E-state index contributed by atoms with van der Waals surface area (Å²) in [7, 11) is 1.52. The van der Waals surface area contributed by atoms with Gasteiger partial charge >= 0.3 is 12.0 Å². The molecule has 15 heavy (non-hydrogen) atoms. The van der Waals surface area contributed by atoms with Gasteiger partial charge in [0.05, 0.1) is 0 Å². The highest BCUT2D eigenvalue weighted by molar-refractivity contribution is 5.82. The minimum atomic E-state index is -1.16. The maximum Gasteiger partial charge on any atom is 0.326 e. The molecule has 0 saturated heterocycles. The number of carboxylic acid groups (broad SMARTS) is 1. The van der Waals surface area contributed by atoms with Crippen LogP contribution in [0.5, 0.6) is 0 Å². The number of carboxylic acids is 1. The molecule has 0 saturated carbocycles. The zero-order chi connectivity index (χ0) is 11.8. The van der Waals surface area contributed by atoms with E-state index in [-0.39, 0.29) is 13.0 Å². The molecule has 1 unspecified atom stereocenters. The molecule has 0 aliphatic heterocycles. The van der Waals surface area contributed by atoms with Gasteiger partial charge in [-0.05, 0) is 0 Å². The Kier molecular flexibility index (Phi) is 6.12. The van der Waals surface area contributed by atoms with Crippen LogP contribution in [0.1, 0.15) is 6.42 Å². The van der Waals surface area contributed by atoms with Crippen molar-refractivity contribution in [2.24, 2.45) is 0 Å². The minimum absolute atomic E-state index is 0.0109. The van der Waals surface area contributed by atoms with Gasteiger partial charge in [0.1, 0.15) is 6.04 Å². The minimum Gasteiger partial charge on any atom is -0.480 e. The summed E-state index contributed by atoms with van der Waals surface area (Å²) in [5.41, 5.74) is 0. The van der Waals surface area contributed by atoms with Gasteiger partial charge in [-0.3, -0.25) is 0 Å². The Morgan fingerprint density at radius 1 is 1.60 bits per heavy atom. The number of urea groups is 1. The lowest BCUT2D eigenvalue weighted by Crippen LogP contribution is -2.47. The summed E-state index contributed by atoms with van der Waals surface area (Å²) in [6.07, 6.45) is 1.52. The SMILES string of the molecule is C=CCN(C)C(=O)NC(CCO)C(=O)O. The molecule has 86 valence electrons. The number of nitrogens with one attached hydrogen (secondary N) is 1. The van der Waals surface area contributed by atoms with Crippen LogP contribution in [0.4, 0.5) is 4.79 Å². The molecule has 1 atom stereocenters. The summed E-state index contributed by atoms with van der Waals surface area (Å²) in [4.78, 5) is 23.3. The van der Waals surface area contributed by atoms with Crippen LogP contribution in [0, 0.1) is 0 Å². The summed E-state index contributed by atoms with van der Waals surface area (Å²) >= 11 is 0. The van der Waals surface area contributed by atoms with Crippen molar-refractivity contribution in [3.8, 4) is 0 Å². The Morgan fingerprint density at radius 2 is 2.20 bits per heavy atom. The second-order valence-electron chi connectivity index (χ2n) is 3.02. The molecule has 0 aliphatic carbocycles. The normalized spacial score (nSPS) is 11.6. The largest absolute Gasteiger partial charge is 0.480 e. The molecule has 3 N–H and O–H groups in total. The lowest BCUT2D eigenvalue weighted by molar-refractivity contribution is -0.139. The first kappa shape index (κ1) is 13.4. The van der Waals surface area contributed by atoms with E-state index >= 15 is 0 Å². The van der Waals surface area contributed by atoms with Crippen LogP contribution in [0.3, 0.4) is 0 Å². The number of nitrogens with zero attached hydrogens (tertiary/aromatic N) is 1. The van der Waals surface area contributed by atoms with Gasteiger partial charge in [-0.25, -0.2) is 9.59 Å². The average molecular weight is 216 g/mol. The van der Waals surface area contributed by atoms with Crippen molar-refractivity contribution in [2.45, 2.75) is 12.5 Å². The Hall–Kier alpha value is -1.56. The van der Waals surface area contributed by atoms with E-state index < -0.39 is 18.0 Å². The van der Waals surface area contributed by atoms with E-state index in [9.17, 15) is 9.59 Å². The van der Waals surface area contributed by atoms with Crippen molar-refractivity contribution in [3.05, 3.63) is 12.7 Å². The number of rotatable bonds is 6. The number of hydrogen-bond acceptors (Lipinski definition) is 3. The van der Waals surface area contributed by atoms with E-state index in [1.807, 2.05) is 0 Å². The van der Waals surface area contributed by atoms with Crippen molar-refractivity contribution in [1.29, 1.82) is 0 Å². The fourth-order valence-corrected chi connectivity index (χ4v) is 0.922. The van der Waals surface area contributed by atoms with E-state index in [2.05, 4.69) is 11.9 Å². The number of amides is 2. The van der Waals surface area contributed by atoms with Crippen molar-refractivity contribution in [1.82, 2.24) is 10.2 Å². The van der Waals surface area contributed by atoms with Gasteiger partial charge in [-0.1, -0.05) is 6.08 Å². The molecular formula is C9H16N2O4. The number of aliphatic hydroxyl groups excluding tert-OH is 1. The standard InChI is InChI=1S/C9H16N2O4/c1-3-5-11(2)9(15)10-7(4-6-12)8(13)14/h3,7,12H,1,4-6H2,2H3,(H,10,15)(H,13,14). The highest BCUT2D eigenvalue weighted by Gasteiger charge is 2.20. The predicted molar refractivity (Wildman–Crippen MR) is 54.5 cm³/mol. The van der Waals surface area contributed by atoms with Crippen LogP contribution < -0.4 is 5.32 Å². The second-order valence-corrected chi connectivity index (χ2v) is 3.02. The van der Waals surface area contributed by atoms with Crippen molar-refractivity contribution in [2.75, 3.05) is 20.2 Å². The smallest absolute Gasteiger partial charge is 0.326 e. The van der Waals surface area contributed by atoms with E-state index in [1.165, 1.54) is 18.0 Å². The molecule has 2 amide bonds. The molecule has 0 aliphatic rings. The van der Waals surface area contributed by atoms with Crippen LogP contribution in [0.15, 0.2) is 12.7 Å². The topological polar surface area (TPSA) is 89.9 Å². The Bertz CT molecular complexity index is 242. The molecule has 0 spiro atoms. The fourth-order valence-electron chi connectivity index (χ4n) is 0.922.